The van der Waals surface area contributed by atoms with Crippen LogP contribution in [0.2, 0.25) is 0 Å². The predicted octanol–water partition coefficient (Wildman–Crippen LogP) is 5.38. The third kappa shape index (κ3) is 4.56. The van der Waals surface area contributed by atoms with Gasteiger partial charge in [0, 0.05) is 28.9 Å². The number of aromatic nitrogens is 1. The molecule has 1 fully saturated rings. The van der Waals surface area contributed by atoms with Gasteiger partial charge in [-0.1, -0.05) is 18.6 Å². The van der Waals surface area contributed by atoms with Crippen molar-refractivity contribution in [3.05, 3.63) is 59.5 Å². The maximum Gasteiger partial charge on any atom is 0.257 e. The van der Waals surface area contributed by atoms with Gasteiger partial charge in [-0.2, -0.15) is 4.31 Å². The summed E-state index contributed by atoms with van der Waals surface area (Å²) in [5, 5.41) is 5.88. The number of carbonyl (C=O) groups is 1. The molecular formula is C25H25N3O5S2. The fourth-order valence-corrected chi connectivity index (χ4v) is 6.67. The number of fused-ring (bicyclic) bond motifs is 1. The molecule has 0 radical (unpaired) electrons. The number of anilines is 1. The molecule has 1 atom stereocenters. The van der Waals surface area contributed by atoms with Crippen molar-refractivity contribution in [2.75, 3.05) is 19.0 Å². The highest BCUT2D eigenvalue weighted by atomic mass is 32.2. The number of hydrogen-bond acceptors (Lipinski definition) is 7. The molecule has 1 aliphatic rings. The first-order valence-electron chi connectivity index (χ1n) is 11.3. The van der Waals surface area contributed by atoms with Crippen molar-refractivity contribution in [2.45, 2.75) is 37.1 Å². The summed E-state index contributed by atoms with van der Waals surface area (Å²) in [5.41, 5.74) is 1.58. The number of nitrogens with one attached hydrogen (secondary N) is 1. The average molecular weight is 512 g/mol. The van der Waals surface area contributed by atoms with Crippen LogP contribution >= 0.6 is 11.3 Å². The van der Waals surface area contributed by atoms with E-state index in [-0.39, 0.29) is 16.8 Å². The van der Waals surface area contributed by atoms with Gasteiger partial charge in [-0.05, 0) is 56.2 Å². The van der Waals surface area contributed by atoms with Crippen molar-refractivity contribution in [1.29, 1.82) is 0 Å². The molecule has 10 heteroatoms. The normalized spacial score (nSPS) is 16.9. The van der Waals surface area contributed by atoms with Gasteiger partial charge in [-0.15, -0.1) is 11.3 Å². The number of methoxy groups -OCH3 is 1. The van der Waals surface area contributed by atoms with E-state index < -0.39 is 10.0 Å². The molecular weight excluding hydrogens is 486 g/mol. The molecule has 0 saturated carbocycles. The number of amides is 1. The lowest BCUT2D eigenvalue weighted by molar-refractivity contribution is 0.102. The first-order chi connectivity index (χ1) is 16.9. The predicted molar refractivity (Wildman–Crippen MR) is 135 cm³/mol. The monoisotopic (exact) mass is 511 g/mol. The van der Waals surface area contributed by atoms with Crippen LogP contribution in [-0.4, -0.2) is 43.3 Å². The molecule has 1 saturated heterocycles. The zero-order valence-corrected chi connectivity index (χ0v) is 21.0. The fourth-order valence-electron chi connectivity index (χ4n) is 4.28. The van der Waals surface area contributed by atoms with Crippen molar-refractivity contribution >= 4 is 43.4 Å². The molecule has 4 aromatic rings. The quantitative estimate of drug-likeness (QED) is 0.373. The minimum atomic E-state index is -3.58. The van der Waals surface area contributed by atoms with Crippen LogP contribution in [0.5, 0.6) is 5.75 Å². The Kier molecular flexibility index (Phi) is 6.35. The Morgan fingerprint density at radius 2 is 2.00 bits per heavy atom. The standard InChI is InChI=1S/C25H25N3O5S2/c1-16-6-3-4-13-28(16)35(30,31)19-11-9-17(10-12-19)24(29)27-25-26-20(15-34-25)22-14-18-7-5-8-21(32-2)23(18)33-22/h5,7-12,14-16H,3-4,6,13H2,1-2H3,(H,26,27,29)/t16-/m0/s1. The van der Waals surface area contributed by atoms with Gasteiger partial charge in [0.2, 0.25) is 10.0 Å². The Morgan fingerprint density at radius 3 is 2.74 bits per heavy atom. The van der Waals surface area contributed by atoms with Crippen LogP contribution in [-0.2, 0) is 10.0 Å². The Hall–Kier alpha value is -3.21. The van der Waals surface area contributed by atoms with Crippen LogP contribution in [0, 0.1) is 0 Å². The summed E-state index contributed by atoms with van der Waals surface area (Å²) in [6.45, 7) is 2.46. The lowest BCUT2D eigenvalue weighted by Gasteiger charge is -2.32. The molecule has 5 rings (SSSR count). The maximum absolute atomic E-state index is 13.0. The molecule has 1 amide bonds. The van der Waals surface area contributed by atoms with Crippen LogP contribution in [0.3, 0.4) is 0 Å². The molecule has 35 heavy (non-hydrogen) atoms. The average Bonchev–Trinajstić information content (AvgIpc) is 3.51. The van der Waals surface area contributed by atoms with Crippen LogP contribution < -0.4 is 10.1 Å². The van der Waals surface area contributed by atoms with E-state index in [1.807, 2.05) is 31.2 Å². The maximum atomic E-state index is 13.0. The highest BCUT2D eigenvalue weighted by Crippen LogP contribution is 2.34. The number of nitrogens with zero attached hydrogens (tertiary/aromatic N) is 2. The molecule has 2 aromatic carbocycles. The number of rotatable bonds is 6. The van der Waals surface area contributed by atoms with E-state index in [1.165, 1.54) is 35.6 Å². The molecule has 1 N–H and O–H groups in total. The summed E-state index contributed by atoms with van der Waals surface area (Å²) < 4.78 is 38.8. The summed E-state index contributed by atoms with van der Waals surface area (Å²) >= 11 is 1.28. The summed E-state index contributed by atoms with van der Waals surface area (Å²) in [7, 11) is -2.00. The smallest absolute Gasteiger partial charge is 0.257 e. The van der Waals surface area contributed by atoms with Gasteiger partial charge in [-0.3, -0.25) is 10.1 Å². The molecule has 8 nitrogen and oxygen atoms in total. The van der Waals surface area contributed by atoms with E-state index in [0.29, 0.717) is 40.0 Å². The molecule has 0 unspecified atom stereocenters. The highest BCUT2D eigenvalue weighted by molar-refractivity contribution is 7.89. The number of thiazole rings is 1. The van der Waals surface area contributed by atoms with E-state index >= 15 is 0 Å². The first kappa shape index (κ1) is 23.5. The molecule has 0 spiro atoms. The molecule has 0 aliphatic carbocycles. The van der Waals surface area contributed by atoms with E-state index in [9.17, 15) is 13.2 Å². The van der Waals surface area contributed by atoms with Gasteiger partial charge in [0.25, 0.3) is 5.91 Å². The first-order valence-corrected chi connectivity index (χ1v) is 13.6. The lowest BCUT2D eigenvalue weighted by atomic mass is 10.1. The van der Waals surface area contributed by atoms with Gasteiger partial charge in [0.1, 0.15) is 5.69 Å². The number of ether oxygens (including phenoxy) is 1. The Labute approximate surface area is 207 Å². The number of sulfonamides is 1. The number of hydrogen-bond donors (Lipinski definition) is 1. The third-order valence-electron chi connectivity index (χ3n) is 6.17. The van der Waals surface area contributed by atoms with Crippen molar-refractivity contribution in [3.63, 3.8) is 0 Å². The summed E-state index contributed by atoms with van der Waals surface area (Å²) in [4.78, 5) is 17.4. The second kappa shape index (κ2) is 9.44. The largest absolute Gasteiger partial charge is 0.493 e. The molecule has 182 valence electrons. The van der Waals surface area contributed by atoms with Gasteiger partial charge in [-0.25, -0.2) is 13.4 Å². The van der Waals surface area contributed by atoms with E-state index in [4.69, 9.17) is 9.15 Å². The SMILES string of the molecule is COc1cccc2cc(-c3csc(NC(=O)c4ccc(S(=O)(=O)N5CCCC[C@@H]5C)cc4)n3)oc12. The summed E-state index contributed by atoms with van der Waals surface area (Å²) in [6.07, 6.45) is 2.76. The zero-order chi connectivity index (χ0) is 24.6. The topological polar surface area (TPSA) is 102 Å². The fraction of sp³-hybridized carbons (Fsp3) is 0.280. The molecule has 0 bridgehead atoms. The minimum Gasteiger partial charge on any atom is -0.493 e. The third-order valence-corrected chi connectivity index (χ3v) is 8.96. The van der Waals surface area contributed by atoms with Gasteiger partial charge in [0.15, 0.2) is 22.2 Å². The molecule has 2 aromatic heterocycles. The Morgan fingerprint density at radius 1 is 1.20 bits per heavy atom. The van der Waals surface area contributed by atoms with E-state index in [0.717, 1.165) is 24.6 Å². The van der Waals surface area contributed by atoms with Crippen LogP contribution in [0.25, 0.3) is 22.4 Å². The van der Waals surface area contributed by atoms with Crippen molar-refractivity contribution in [1.82, 2.24) is 9.29 Å². The van der Waals surface area contributed by atoms with E-state index in [1.54, 1.807) is 16.8 Å². The van der Waals surface area contributed by atoms with Crippen LogP contribution in [0.15, 0.2) is 63.2 Å². The van der Waals surface area contributed by atoms with Gasteiger partial charge < -0.3 is 9.15 Å². The second-order valence-electron chi connectivity index (χ2n) is 8.47. The molecule has 3 heterocycles. The number of para-hydroxylation sites is 1. The summed E-state index contributed by atoms with van der Waals surface area (Å²) in [5.74, 6) is 0.841. The number of carbonyl (C=O) groups excluding carboxylic acids is 1. The van der Waals surface area contributed by atoms with E-state index in [2.05, 4.69) is 10.3 Å². The van der Waals surface area contributed by atoms with Gasteiger partial charge in [0.05, 0.1) is 12.0 Å². The Bertz CT molecular complexity index is 1470. The highest BCUT2D eigenvalue weighted by Gasteiger charge is 2.31. The number of benzene rings is 2. The Balaban J connectivity index is 1.30. The van der Waals surface area contributed by atoms with Crippen LogP contribution in [0.1, 0.15) is 36.5 Å². The lowest BCUT2D eigenvalue weighted by Crippen LogP contribution is -2.41. The van der Waals surface area contributed by atoms with Crippen molar-refractivity contribution in [3.8, 4) is 17.2 Å². The molecule has 1 aliphatic heterocycles. The number of furan rings is 1. The number of piperidine rings is 1. The zero-order valence-electron chi connectivity index (χ0n) is 19.4. The summed E-state index contributed by atoms with van der Waals surface area (Å²) in [6, 6.07) is 13.5. The van der Waals surface area contributed by atoms with Crippen molar-refractivity contribution in [2.24, 2.45) is 0 Å². The second-order valence-corrected chi connectivity index (χ2v) is 11.2. The van der Waals surface area contributed by atoms with Crippen molar-refractivity contribution < 1.29 is 22.4 Å². The van der Waals surface area contributed by atoms with Crippen LogP contribution in [0.4, 0.5) is 5.13 Å². The minimum absolute atomic E-state index is 0.0244. The van der Waals surface area contributed by atoms with Gasteiger partial charge >= 0.3 is 0 Å².